The van der Waals surface area contributed by atoms with Crippen LogP contribution in [0.1, 0.15) is 0 Å². The van der Waals surface area contributed by atoms with Crippen molar-refractivity contribution < 1.29 is 8.78 Å². The van der Waals surface area contributed by atoms with Gasteiger partial charge in [0.2, 0.25) is 0 Å². The summed E-state index contributed by atoms with van der Waals surface area (Å²) in [6.45, 7) is 0. The van der Waals surface area contributed by atoms with Gasteiger partial charge in [-0.1, -0.05) is 23.7 Å². The van der Waals surface area contributed by atoms with Crippen molar-refractivity contribution in [1.29, 1.82) is 0 Å². The van der Waals surface area contributed by atoms with E-state index in [0.717, 1.165) is 9.86 Å². The lowest BCUT2D eigenvalue weighted by Crippen LogP contribution is -2.00. The number of rotatable bonds is 2. The highest BCUT2D eigenvalue weighted by Gasteiger charge is 2.12. The third-order valence-corrected chi connectivity index (χ3v) is 3.87. The van der Waals surface area contributed by atoms with E-state index in [1.165, 1.54) is 18.2 Å². The average molecular weight is 370 g/mol. The monoisotopic (exact) mass is 368 g/mol. The second-order valence-corrected chi connectivity index (χ2v) is 5.66. The maximum absolute atomic E-state index is 13.7. The molecule has 0 aliphatic rings. The second kappa shape index (κ2) is 5.58. The van der Waals surface area contributed by atoms with Crippen LogP contribution >= 0.6 is 27.5 Å². The minimum atomic E-state index is -0.685. The van der Waals surface area contributed by atoms with Crippen molar-refractivity contribution in [3.8, 4) is 0 Å². The van der Waals surface area contributed by atoms with Crippen LogP contribution in [0.25, 0.3) is 10.8 Å². The minimum absolute atomic E-state index is 0.242. The normalized spacial score (nSPS) is 10.9. The molecule has 2 aromatic carbocycles. The van der Waals surface area contributed by atoms with Crippen molar-refractivity contribution in [3.63, 3.8) is 0 Å². The van der Waals surface area contributed by atoms with Gasteiger partial charge in [0.05, 0.1) is 0 Å². The molecule has 0 saturated heterocycles. The van der Waals surface area contributed by atoms with Crippen LogP contribution in [-0.2, 0) is 0 Å². The van der Waals surface area contributed by atoms with Gasteiger partial charge in [-0.15, -0.1) is 0 Å². The summed E-state index contributed by atoms with van der Waals surface area (Å²) >= 11 is 9.38. The maximum Gasteiger partial charge on any atom is 0.149 e. The molecule has 1 aromatic heterocycles. The number of anilines is 2. The number of hydrogen-bond acceptors (Lipinski definition) is 2. The van der Waals surface area contributed by atoms with E-state index in [0.29, 0.717) is 16.2 Å². The molecule has 106 valence electrons. The number of nitrogens with one attached hydrogen (secondary N) is 1. The molecule has 3 aromatic rings. The number of hydrogen-bond donors (Lipinski definition) is 1. The van der Waals surface area contributed by atoms with E-state index in [1.54, 1.807) is 18.3 Å². The molecule has 0 bridgehead atoms. The SMILES string of the molecule is Fc1cccc(F)c1Nc1ncc(Br)c2ccc(Cl)cc12. The summed E-state index contributed by atoms with van der Waals surface area (Å²) in [4.78, 5) is 4.18. The van der Waals surface area contributed by atoms with Crippen LogP contribution in [0.4, 0.5) is 20.3 Å². The zero-order valence-corrected chi connectivity index (χ0v) is 12.8. The van der Waals surface area contributed by atoms with Gasteiger partial charge in [-0.05, 0) is 40.2 Å². The molecule has 0 fully saturated rings. The van der Waals surface area contributed by atoms with Gasteiger partial charge in [-0.3, -0.25) is 0 Å². The molecule has 0 spiro atoms. The Balaban J connectivity index is 2.17. The van der Waals surface area contributed by atoms with Crippen LogP contribution in [-0.4, -0.2) is 4.98 Å². The lowest BCUT2D eigenvalue weighted by Gasteiger charge is -2.11. The summed E-state index contributed by atoms with van der Waals surface area (Å²) in [6.07, 6.45) is 1.57. The van der Waals surface area contributed by atoms with Crippen LogP contribution < -0.4 is 5.32 Å². The predicted molar refractivity (Wildman–Crippen MR) is 84.1 cm³/mol. The molecule has 3 rings (SSSR count). The zero-order chi connectivity index (χ0) is 15.0. The van der Waals surface area contributed by atoms with E-state index in [1.807, 2.05) is 6.07 Å². The van der Waals surface area contributed by atoms with E-state index >= 15 is 0 Å². The van der Waals surface area contributed by atoms with E-state index in [2.05, 4.69) is 26.2 Å². The molecule has 21 heavy (non-hydrogen) atoms. The zero-order valence-electron chi connectivity index (χ0n) is 10.5. The summed E-state index contributed by atoms with van der Waals surface area (Å²) in [7, 11) is 0. The van der Waals surface area contributed by atoms with E-state index in [4.69, 9.17) is 11.6 Å². The molecule has 0 saturated carbocycles. The van der Waals surface area contributed by atoms with Crippen molar-refractivity contribution in [2.75, 3.05) is 5.32 Å². The summed E-state index contributed by atoms with van der Waals surface area (Å²) in [6, 6.07) is 8.91. The number of pyridine rings is 1. The van der Waals surface area contributed by atoms with Crippen LogP contribution in [0.3, 0.4) is 0 Å². The molecule has 0 atom stereocenters. The molecule has 0 amide bonds. The number of fused-ring (bicyclic) bond motifs is 1. The smallest absolute Gasteiger partial charge is 0.149 e. The molecular weight excluding hydrogens is 362 g/mol. The first kappa shape index (κ1) is 14.2. The van der Waals surface area contributed by atoms with Gasteiger partial charge >= 0.3 is 0 Å². The van der Waals surface area contributed by atoms with Crippen LogP contribution in [0.2, 0.25) is 5.02 Å². The van der Waals surface area contributed by atoms with Crippen LogP contribution in [0.5, 0.6) is 0 Å². The maximum atomic E-state index is 13.7. The Bertz CT molecular complexity index is 819. The van der Waals surface area contributed by atoms with Crippen molar-refractivity contribution in [2.24, 2.45) is 0 Å². The fraction of sp³-hybridized carbons (Fsp3) is 0. The molecule has 0 aliphatic carbocycles. The fourth-order valence-corrected chi connectivity index (χ4v) is 2.64. The molecule has 0 radical (unpaired) electrons. The highest BCUT2D eigenvalue weighted by molar-refractivity contribution is 9.10. The number of nitrogens with zero attached hydrogens (tertiary/aromatic N) is 1. The largest absolute Gasteiger partial charge is 0.335 e. The molecular formula is C15H8BrClF2N2. The van der Waals surface area contributed by atoms with Crippen molar-refractivity contribution in [1.82, 2.24) is 4.98 Å². The van der Waals surface area contributed by atoms with Gasteiger partial charge in [0.25, 0.3) is 0 Å². The second-order valence-electron chi connectivity index (χ2n) is 4.37. The Labute approximate surface area is 132 Å². The summed E-state index contributed by atoms with van der Waals surface area (Å²) < 4.78 is 28.2. The standard InChI is InChI=1S/C15H8BrClF2N2/c16-11-7-20-15(10-6-8(17)4-5-9(10)11)21-14-12(18)2-1-3-13(14)19/h1-7H,(H,20,21). The predicted octanol–water partition coefficient (Wildman–Crippen LogP) is 5.67. The average Bonchev–Trinajstić information content (AvgIpc) is 2.45. The third-order valence-electron chi connectivity index (χ3n) is 3.01. The third kappa shape index (κ3) is 2.71. The van der Waals surface area contributed by atoms with E-state index < -0.39 is 11.6 Å². The quantitative estimate of drug-likeness (QED) is 0.629. The Kier molecular flexibility index (Phi) is 3.78. The highest BCUT2D eigenvalue weighted by atomic mass is 79.9. The number of benzene rings is 2. The van der Waals surface area contributed by atoms with Crippen molar-refractivity contribution >= 4 is 49.8 Å². The summed E-state index contributed by atoms with van der Waals surface area (Å²) in [5, 5.41) is 4.72. The Morgan fingerprint density at radius 2 is 1.76 bits per heavy atom. The molecule has 1 heterocycles. The van der Waals surface area contributed by atoms with Gasteiger partial charge < -0.3 is 5.32 Å². The lowest BCUT2D eigenvalue weighted by molar-refractivity contribution is 0.590. The fourth-order valence-electron chi connectivity index (χ4n) is 2.02. The molecule has 2 nitrogen and oxygen atoms in total. The van der Waals surface area contributed by atoms with Gasteiger partial charge in [-0.25, -0.2) is 13.8 Å². The molecule has 6 heteroatoms. The molecule has 1 N–H and O–H groups in total. The molecule has 0 aliphatic heterocycles. The first-order chi connectivity index (χ1) is 10.1. The van der Waals surface area contributed by atoms with E-state index in [-0.39, 0.29) is 5.69 Å². The van der Waals surface area contributed by atoms with Gasteiger partial charge in [0.1, 0.15) is 23.1 Å². The highest BCUT2D eigenvalue weighted by Crippen LogP contribution is 2.32. The Morgan fingerprint density at radius 3 is 2.48 bits per heavy atom. The van der Waals surface area contributed by atoms with Gasteiger partial charge in [-0.2, -0.15) is 0 Å². The topological polar surface area (TPSA) is 24.9 Å². The van der Waals surface area contributed by atoms with Crippen molar-refractivity contribution in [3.05, 3.63) is 63.7 Å². The molecule has 0 unspecified atom stereocenters. The number of para-hydroxylation sites is 1. The minimum Gasteiger partial charge on any atom is -0.335 e. The Hall–Kier alpha value is -1.72. The summed E-state index contributed by atoms with van der Waals surface area (Å²) in [5.74, 6) is -1.04. The van der Waals surface area contributed by atoms with E-state index in [9.17, 15) is 8.78 Å². The van der Waals surface area contributed by atoms with Crippen LogP contribution in [0, 0.1) is 11.6 Å². The summed E-state index contributed by atoms with van der Waals surface area (Å²) in [5.41, 5.74) is -0.242. The van der Waals surface area contributed by atoms with Gasteiger partial charge in [0, 0.05) is 26.5 Å². The number of aromatic nitrogens is 1. The van der Waals surface area contributed by atoms with Crippen LogP contribution in [0.15, 0.2) is 47.1 Å². The first-order valence-electron chi connectivity index (χ1n) is 6.01. The lowest BCUT2D eigenvalue weighted by atomic mass is 10.1. The number of halogens is 4. The van der Waals surface area contributed by atoms with Crippen molar-refractivity contribution in [2.45, 2.75) is 0 Å². The Morgan fingerprint density at radius 1 is 1.05 bits per heavy atom. The van der Waals surface area contributed by atoms with Gasteiger partial charge in [0.15, 0.2) is 0 Å². The first-order valence-corrected chi connectivity index (χ1v) is 7.18.